The Kier molecular flexibility index (Phi) is 3.66. The second-order valence-corrected chi connectivity index (χ2v) is 5.80. The van der Waals surface area contributed by atoms with Gasteiger partial charge in [-0.05, 0) is 25.1 Å². The number of hydrogen-bond donors (Lipinski definition) is 1. The van der Waals surface area contributed by atoms with Gasteiger partial charge in [-0.2, -0.15) is 0 Å². The summed E-state index contributed by atoms with van der Waals surface area (Å²) in [6, 6.07) is 10.1. The minimum atomic E-state index is -1.88. The van der Waals surface area contributed by atoms with Crippen LogP contribution in [0.1, 0.15) is 29.5 Å². The molecule has 0 fully saturated rings. The monoisotopic (exact) mass is 311 g/mol. The molecule has 5 nitrogen and oxygen atoms in total. The van der Waals surface area contributed by atoms with E-state index in [2.05, 4.69) is 6.58 Å². The molecular weight excluding hydrogens is 294 g/mol. The van der Waals surface area contributed by atoms with Crippen LogP contribution in [0.3, 0.4) is 0 Å². The Morgan fingerprint density at radius 2 is 2.04 bits per heavy atom. The molecule has 0 spiro atoms. The summed E-state index contributed by atoms with van der Waals surface area (Å²) in [5.41, 5.74) is -0.0493. The van der Waals surface area contributed by atoms with Crippen LogP contribution in [0.25, 0.3) is 0 Å². The summed E-state index contributed by atoms with van der Waals surface area (Å²) in [6.45, 7) is 5.92. The van der Waals surface area contributed by atoms with Crippen molar-refractivity contribution in [2.24, 2.45) is 0 Å². The Morgan fingerprint density at radius 1 is 1.30 bits per heavy atom. The maximum atomic E-state index is 12.8. The second kappa shape index (κ2) is 5.52. The molecule has 5 heteroatoms. The van der Waals surface area contributed by atoms with Crippen LogP contribution in [0.15, 0.2) is 59.2 Å². The van der Waals surface area contributed by atoms with E-state index in [1.807, 2.05) is 0 Å². The number of anilines is 1. The molecule has 0 bridgehead atoms. The lowest BCUT2D eigenvalue weighted by Gasteiger charge is -2.22. The first-order chi connectivity index (χ1) is 10.9. The fraction of sp³-hybridized carbons (Fsp3) is 0.222. The van der Waals surface area contributed by atoms with Crippen molar-refractivity contribution in [3.05, 3.63) is 66.1 Å². The number of amides is 1. The van der Waals surface area contributed by atoms with E-state index in [-0.39, 0.29) is 12.2 Å². The van der Waals surface area contributed by atoms with E-state index >= 15 is 0 Å². The normalized spacial score (nSPS) is 19.7. The molecule has 1 atom stereocenters. The molecule has 0 aliphatic carbocycles. The SMILES string of the molecule is C=C(C)CN1C(=O)C(O)(CC(=O)c2ccco2)c2ccccc21. The number of aliphatic hydroxyl groups is 1. The van der Waals surface area contributed by atoms with Gasteiger partial charge in [-0.15, -0.1) is 0 Å². The van der Waals surface area contributed by atoms with Crippen LogP contribution >= 0.6 is 0 Å². The predicted octanol–water partition coefficient (Wildman–Crippen LogP) is 2.66. The topological polar surface area (TPSA) is 70.8 Å². The number of furan rings is 1. The zero-order valence-corrected chi connectivity index (χ0v) is 12.8. The van der Waals surface area contributed by atoms with Gasteiger partial charge in [0.2, 0.25) is 5.78 Å². The van der Waals surface area contributed by atoms with E-state index in [1.165, 1.54) is 17.2 Å². The van der Waals surface area contributed by atoms with Crippen LogP contribution in [-0.2, 0) is 10.4 Å². The lowest BCUT2D eigenvalue weighted by molar-refractivity contribution is -0.135. The van der Waals surface area contributed by atoms with E-state index < -0.39 is 17.3 Å². The highest BCUT2D eigenvalue weighted by Gasteiger charge is 2.50. The minimum Gasteiger partial charge on any atom is -0.461 e. The zero-order valence-electron chi connectivity index (χ0n) is 12.8. The molecule has 2 heterocycles. The Bertz CT molecular complexity index is 778. The number of nitrogens with zero attached hydrogens (tertiary/aromatic N) is 1. The maximum absolute atomic E-state index is 12.8. The number of carbonyl (C=O) groups excluding carboxylic acids is 2. The van der Waals surface area contributed by atoms with Gasteiger partial charge in [0.15, 0.2) is 11.4 Å². The van der Waals surface area contributed by atoms with E-state index in [9.17, 15) is 14.7 Å². The molecule has 118 valence electrons. The van der Waals surface area contributed by atoms with Crippen molar-refractivity contribution in [1.29, 1.82) is 0 Å². The number of rotatable bonds is 5. The number of carbonyl (C=O) groups is 2. The van der Waals surface area contributed by atoms with E-state index in [0.29, 0.717) is 17.8 Å². The van der Waals surface area contributed by atoms with Crippen LogP contribution in [0.5, 0.6) is 0 Å². The average molecular weight is 311 g/mol. The van der Waals surface area contributed by atoms with Crippen molar-refractivity contribution in [2.75, 3.05) is 11.4 Å². The average Bonchev–Trinajstić information content (AvgIpc) is 3.11. The van der Waals surface area contributed by atoms with Gasteiger partial charge in [0, 0.05) is 12.1 Å². The first-order valence-electron chi connectivity index (χ1n) is 7.28. The third kappa shape index (κ3) is 2.49. The van der Waals surface area contributed by atoms with Crippen molar-refractivity contribution < 1.29 is 19.1 Å². The number of fused-ring (bicyclic) bond motifs is 1. The summed E-state index contributed by atoms with van der Waals surface area (Å²) in [5, 5.41) is 11.0. The first kappa shape index (κ1) is 15.2. The van der Waals surface area contributed by atoms with Crippen molar-refractivity contribution in [2.45, 2.75) is 18.9 Å². The molecule has 1 N–H and O–H groups in total. The number of ketones is 1. The number of hydrogen-bond acceptors (Lipinski definition) is 4. The van der Waals surface area contributed by atoms with E-state index in [4.69, 9.17) is 4.42 Å². The highest BCUT2D eigenvalue weighted by atomic mass is 16.3. The quantitative estimate of drug-likeness (QED) is 0.681. The molecule has 0 saturated carbocycles. The van der Waals surface area contributed by atoms with Crippen LogP contribution in [0, 0.1) is 0 Å². The predicted molar refractivity (Wildman–Crippen MR) is 85.2 cm³/mol. The Labute approximate surface area is 133 Å². The van der Waals surface area contributed by atoms with Crippen LogP contribution < -0.4 is 4.90 Å². The van der Waals surface area contributed by atoms with Gasteiger partial charge in [0.05, 0.1) is 18.4 Å². The molecule has 0 saturated heterocycles. The highest BCUT2D eigenvalue weighted by molar-refractivity contribution is 6.10. The molecule has 1 aliphatic rings. The third-order valence-electron chi connectivity index (χ3n) is 3.88. The Morgan fingerprint density at radius 3 is 2.70 bits per heavy atom. The number of Topliss-reactive ketones (excluding diaryl/α,β-unsaturated/α-hetero) is 1. The molecule has 1 amide bonds. The molecule has 3 rings (SSSR count). The molecule has 1 aromatic carbocycles. The fourth-order valence-corrected chi connectivity index (χ4v) is 2.86. The van der Waals surface area contributed by atoms with Gasteiger partial charge < -0.3 is 14.4 Å². The van der Waals surface area contributed by atoms with Crippen molar-refractivity contribution in [3.8, 4) is 0 Å². The molecule has 1 aliphatic heterocycles. The van der Waals surface area contributed by atoms with Gasteiger partial charge in [-0.3, -0.25) is 9.59 Å². The van der Waals surface area contributed by atoms with Crippen molar-refractivity contribution >= 4 is 17.4 Å². The van der Waals surface area contributed by atoms with Crippen molar-refractivity contribution in [1.82, 2.24) is 0 Å². The zero-order chi connectivity index (χ0) is 16.6. The summed E-state index contributed by atoms with van der Waals surface area (Å²) in [7, 11) is 0. The van der Waals surface area contributed by atoms with Gasteiger partial charge >= 0.3 is 0 Å². The summed E-state index contributed by atoms with van der Waals surface area (Å²) < 4.78 is 5.07. The molecular formula is C18H17NO4. The molecule has 23 heavy (non-hydrogen) atoms. The van der Waals surface area contributed by atoms with Crippen LogP contribution in [-0.4, -0.2) is 23.3 Å². The summed E-state index contributed by atoms with van der Waals surface area (Å²) in [6.07, 6.45) is 1.03. The second-order valence-electron chi connectivity index (χ2n) is 5.80. The Balaban J connectivity index is 1.99. The van der Waals surface area contributed by atoms with Gasteiger partial charge in [0.1, 0.15) is 0 Å². The number of benzene rings is 1. The maximum Gasteiger partial charge on any atom is 0.264 e. The molecule has 0 radical (unpaired) electrons. The van der Waals surface area contributed by atoms with Crippen LogP contribution in [0.2, 0.25) is 0 Å². The fourth-order valence-electron chi connectivity index (χ4n) is 2.86. The lowest BCUT2D eigenvalue weighted by Crippen LogP contribution is -2.42. The summed E-state index contributed by atoms with van der Waals surface area (Å²) in [5.74, 6) is -0.804. The molecule has 1 unspecified atom stereocenters. The largest absolute Gasteiger partial charge is 0.461 e. The number of para-hydroxylation sites is 1. The Hall–Kier alpha value is -2.66. The third-order valence-corrected chi connectivity index (χ3v) is 3.88. The van der Waals surface area contributed by atoms with E-state index in [1.54, 1.807) is 37.3 Å². The minimum absolute atomic E-state index is 0.127. The smallest absolute Gasteiger partial charge is 0.264 e. The highest BCUT2D eigenvalue weighted by Crippen LogP contribution is 2.43. The van der Waals surface area contributed by atoms with Gasteiger partial charge in [-0.1, -0.05) is 30.4 Å². The summed E-state index contributed by atoms with van der Waals surface area (Å²) in [4.78, 5) is 26.6. The summed E-state index contributed by atoms with van der Waals surface area (Å²) >= 11 is 0. The van der Waals surface area contributed by atoms with Gasteiger partial charge in [0.25, 0.3) is 5.91 Å². The standard InChI is InChI=1S/C18H17NO4/c1-12(2)11-19-14-7-4-3-6-13(14)18(22,17(19)21)10-15(20)16-8-5-9-23-16/h3-9,22H,1,10-11H2,2H3. The van der Waals surface area contributed by atoms with E-state index in [0.717, 1.165) is 5.57 Å². The van der Waals surface area contributed by atoms with Crippen molar-refractivity contribution in [3.63, 3.8) is 0 Å². The molecule has 2 aromatic rings. The lowest BCUT2D eigenvalue weighted by atomic mass is 9.89. The van der Waals surface area contributed by atoms with Crippen LogP contribution in [0.4, 0.5) is 5.69 Å². The van der Waals surface area contributed by atoms with Gasteiger partial charge in [-0.25, -0.2) is 0 Å². The molecule has 1 aromatic heterocycles. The first-order valence-corrected chi connectivity index (χ1v) is 7.28.